The minimum atomic E-state index is -0.515. The fourth-order valence-corrected chi connectivity index (χ4v) is 4.34. The standard InChI is InChI=1S/C25H36N2O6.2ClH/c1-5-33-22-9-7-6-8-21(22)27-12-10-26(11-13-27)16-20(28)18-32-17-19-14-23(29-2)25(31-4)24(15-19)30-3;;/h6-9,14-15,20,28H,5,10-13,16-18H2,1-4H3;2*1H. The van der Waals surface area contributed by atoms with E-state index >= 15 is 0 Å². The van der Waals surface area contributed by atoms with E-state index in [1.807, 2.05) is 31.2 Å². The van der Waals surface area contributed by atoms with Gasteiger partial charge in [0.25, 0.3) is 0 Å². The van der Waals surface area contributed by atoms with Crippen LogP contribution in [0, 0.1) is 0 Å². The van der Waals surface area contributed by atoms with Gasteiger partial charge in [-0.25, -0.2) is 0 Å². The molecule has 0 bridgehead atoms. The number of aliphatic hydroxyl groups excluding tert-OH is 1. The van der Waals surface area contributed by atoms with Crippen LogP contribution in [0.1, 0.15) is 12.5 Å². The number of benzene rings is 2. The molecule has 3 rings (SSSR count). The molecular formula is C25H38Cl2N2O6. The number of quaternary nitrogens is 2. The quantitative estimate of drug-likeness (QED) is 0.253. The minimum absolute atomic E-state index is 0. The minimum Gasteiger partial charge on any atom is -1.00 e. The van der Waals surface area contributed by atoms with Gasteiger partial charge in [-0.05, 0) is 30.7 Å². The van der Waals surface area contributed by atoms with Gasteiger partial charge in [0.05, 0.1) is 41.2 Å². The second-order valence-corrected chi connectivity index (χ2v) is 8.19. The number of hydrogen-bond acceptors (Lipinski definition) is 6. The van der Waals surface area contributed by atoms with Crippen LogP contribution in [0.15, 0.2) is 36.4 Å². The van der Waals surface area contributed by atoms with Crippen molar-refractivity contribution in [2.24, 2.45) is 0 Å². The summed E-state index contributed by atoms with van der Waals surface area (Å²) < 4.78 is 27.7. The summed E-state index contributed by atoms with van der Waals surface area (Å²) in [7, 11) is 4.75. The van der Waals surface area contributed by atoms with Crippen molar-refractivity contribution in [1.29, 1.82) is 0 Å². The predicted molar refractivity (Wildman–Crippen MR) is 125 cm³/mol. The number of hydrogen-bond donors (Lipinski definition) is 3. The lowest BCUT2D eigenvalue weighted by Gasteiger charge is -2.31. The molecule has 1 atom stereocenters. The van der Waals surface area contributed by atoms with Crippen molar-refractivity contribution >= 4 is 5.69 Å². The van der Waals surface area contributed by atoms with Gasteiger partial charge in [0.15, 0.2) is 22.9 Å². The lowest BCUT2D eigenvalue weighted by atomic mass is 10.2. The molecule has 1 aliphatic rings. The van der Waals surface area contributed by atoms with E-state index in [0.717, 1.165) is 37.5 Å². The number of methoxy groups -OCH3 is 3. The molecule has 1 heterocycles. The third-order valence-electron chi connectivity index (χ3n) is 5.96. The van der Waals surface area contributed by atoms with Crippen molar-refractivity contribution in [2.45, 2.75) is 19.6 Å². The molecule has 2 aromatic carbocycles. The Morgan fingerprint density at radius 2 is 1.51 bits per heavy atom. The van der Waals surface area contributed by atoms with Crippen LogP contribution >= 0.6 is 0 Å². The van der Waals surface area contributed by atoms with Crippen LogP contribution in [-0.2, 0) is 11.3 Å². The Balaban J connectivity index is 0.00000306. The maximum atomic E-state index is 10.5. The Morgan fingerprint density at radius 1 is 0.886 bits per heavy atom. The largest absolute Gasteiger partial charge is 1.00 e. The Hall–Kier alpha value is -1.94. The molecule has 0 aromatic heterocycles. The van der Waals surface area contributed by atoms with E-state index in [9.17, 15) is 5.11 Å². The summed E-state index contributed by atoms with van der Waals surface area (Å²) in [6, 6.07) is 12.0. The predicted octanol–water partition coefficient (Wildman–Crippen LogP) is -5.89. The summed E-state index contributed by atoms with van der Waals surface area (Å²) in [4.78, 5) is 2.84. The van der Waals surface area contributed by atoms with Crippen LogP contribution in [-0.4, -0.2) is 78.5 Å². The lowest BCUT2D eigenvalue weighted by Crippen LogP contribution is -3.26. The van der Waals surface area contributed by atoms with E-state index in [2.05, 4.69) is 12.1 Å². The highest BCUT2D eigenvalue weighted by molar-refractivity contribution is 5.53. The molecule has 2 aromatic rings. The molecule has 0 aliphatic carbocycles. The fourth-order valence-electron chi connectivity index (χ4n) is 4.34. The summed E-state index contributed by atoms with van der Waals surface area (Å²) in [5, 5.41) is 10.5. The van der Waals surface area contributed by atoms with Crippen LogP contribution in [0.5, 0.6) is 23.0 Å². The van der Waals surface area contributed by atoms with E-state index in [4.69, 9.17) is 23.7 Å². The molecule has 198 valence electrons. The second-order valence-electron chi connectivity index (χ2n) is 8.19. The molecule has 1 saturated heterocycles. The molecule has 0 radical (unpaired) electrons. The zero-order valence-electron chi connectivity index (χ0n) is 20.9. The fraction of sp³-hybridized carbons (Fsp3) is 0.520. The first-order valence-electron chi connectivity index (χ1n) is 11.5. The van der Waals surface area contributed by atoms with Gasteiger partial charge in [0.2, 0.25) is 5.75 Å². The zero-order valence-corrected chi connectivity index (χ0v) is 22.5. The molecule has 0 amide bonds. The first kappa shape index (κ1) is 31.1. The summed E-state index contributed by atoms with van der Waals surface area (Å²) in [6.07, 6.45) is -0.515. The van der Waals surface area contributed by atoms with E-state index < -0.39 is 6.10 Å². The number of ether oxygens (including phenoxy) is 5. The first-order chi connectivity index (χ1) is 16.1. The number of aliphatic hydroxyl groups is 1. The number of piperazine rings is 1. The normalized spacial score (nSPS) is 18.0. The molecule has 1 unspecified atom stereocenters. The number of nitrogens with one attached hydrogen (secondary N) is 2. The highest BCUT2D eigenvalue weighted by Crippen LogP contribution is 2.38. The maximum absolute atomic E-state index is 10.5. The van der Waals surface area contributed by atoms with Crippen LogP contribution in [0.3, 0.4) is 0 Å². The third-order valence-corrected chi connectivity index (χ3v) is 5.96. The second kappa shape index (κ2) is 15.9. The topological polar surface area (TPSA) is 75.3 Å². The Morgan fingerprint density at radius 3 is 2.09 bits per heavy atom. The average Bonchev–Trinajstić information content (AvgIpc) is 2.84. The SMILES string of the molecule is CCOc1ccccc1[NH+]1CC[NH+](CC(O)COCc2cc(OC)c(OC)c(OC)c2)CC1.[Cl-].[Cl-]. The highest BCUT2D eigenvalue weighted by atomic mass is 35.5. The summed E-state index contributed by atoms with van der Waals surface area (Å²) >= 11 is 0. The molecule has 1 fully saturated rings. The van der Waals surface area contributed by atoms with Crippen molar-refractivity contribution in [3.63, 3.8) is 0 Å². The average molecular weight is 533 g/mol. The van der Waals surface area contributed by atoms with Crippen molar-refractivity contribution in [3.05, 3.63) is 42.0 Å². The van der Waals surface area contributed by atoms with Gasteiger partial charge < -0.3 is 58.5 Å². The van der Waals surface area contributed by atoms with Crippen LogP contribution in [0.4, 0.5) is 5.69 Å². The maximum Gasteiger partial charge on any atom is 0.203 e. The number of halogens is 2. The van der Waals surface area contributed by atoms with Crippen molar-refractivity contribution in [3.8, 4) is 23.0 Å². The van der Waals surface area contributed by atoms with E-state index in [1.54, 1.807) is 21.3 Å². The van der Waals surface area contributed by atoms with Crippen LogP contribution in [0.2, 0.25) is 0 Å². The molecule has 1 aliphatic heterocycles. The smallest absolute Gasteiger partial charge is 0.203 e. The molecule has 10 heteroatoms. The van der Waals surface area contributed by atoms with E-state index in [-0.39, 0.29) is 31.4 Å². The van der Waals surface area contributed by atoms with Crippen molar-refractivity contribution in [2.75, 3.05) is 67.3 Å². The lowest BCUT2D eigenvalue weighted by molar-refractivity contribution is -0.988. The molecule has 35 heavy (non-hydrogen) atoms. The van der Waals surface area contributed by atoms with Gasteiger partial charge in [0.1, 0.15) is 38.8 Å². The zero-order chi connectivity index (χ0) is 23.6. The van der Waals surface area contributed by atoms with Crippen molar-refractivity contribution < 1.29 is 63.4 Å². The summed E-state index contributed by atoms with van der Waals surface area (Å²) in [5.41, 5.74) is 2.13. The van der Waals surface area contributed by atoms with Gasteiger partial charge in [-0.15, -0.1) is 0 Å². The molecule has 3 N–H and O–H groups in total. The summed E-state index contributed by atoms with van der Waals surface area (Å²) in [5.74, 6) is 2.70. The molecular weight excluding hydrogens is 495 g/mol. The van der Waals surface area contributed by atoms with Gasteiger partial charge in [0, 0.05) is 6.07 Å². The molecule has 8 nitrogen and oxygen atoms in total. The van der Waals surface area contributed by atoms with Crippen molar-refractivity contribution in [1.82, 2.24) is 0 Å². The first-order valence-corrected chi connectivity index (χ1v) is 11.5. The Labute approximate surface area is 220 Å². The van der Waals surface area contributed by atoms with E-state index in [0.29, 0.717) is 37.0 Å². The van der Waals surface area contributed by atoms with Gasteiger partial charge in [-0.2, -0.15) is 0 Å². The van der Waals surface area contributed by atoms with Gasteiger partial charge >= 0.3 is 0 Å². The van der Waals surface area contributed by atoms with Crippen LogP contribution < -0.4 is 53.6 Å². The van der Waals surface area contributed by atoms with Crippen LogP contribution in [0.25, 0.3) is 0 Å². The highest BCUT2D eigenvalue weighted by Gasteiger charge is 2.28. The summed E-state index contributed by atoms with van der Waals surface area (Å²) in [6.45, 7) is 8.02. The number of para-hydroxylation sites is 2. The molecule has 0 spiro atoms. The third kappa shape index (κ3) is 8.59. The van der Waals surface area contributed by atoms with E-state index in [1.165, 1.54) is 15.5 Å². The number of rotatable bonds is 12. The molecule has 0 saturated carbocycles. The monoisotopic (exact) mass is 532 g/mol. The Kier molecular flexibility index (Phi) is 14.2. The van der Waals surface area contributed by atoms with Gasteiger partial charge in [-0.3, -0.25) is 4.90 Å². The Bertz CT molecular complexity index is 856. The van der Waals surface area contributed by atoms with Gasteiger partial charge in [-0.1, -0.05) is 12.1 Å².